The molecule has 1 fully saturated rings. The van der Waals surface area contributed by atoms with Crippen LogP contribution in [0.3, 0.4) is 0 Å². The van der Waals surface area contributed by atoms with Crippen LogP contribution in [0.2, 0.25) is 0 Å². The van der Waals surface area contributed by atoms with E-state index in [4.69, 9.17) is 9.90 Å². The fourth-order valence-electron chi connectivity index (χ4n) is 2.87. The van der Waals surface area contributed by atoms with Gasteiger partial charge in [0.15, 0.2) is 0 Å². The van der Waals surface area contributed by atoms with E-state index in [-0.39, 0.29) is 31.3 Å². The summed E-state index contributed by atoms with van der Waals surface area (Å²) in [6.45, 7) is 0.193. The highest BCUT2D eigenvalue weighted by Crippen LogP contribution is 2.26. The van der Waals surface area contributed by atoms with Crippen LogP contribution in [0.1, 0.15) is 25.7 Å². The van der Waals surface area contributed by atoms with Crippen LogP contribution in [-0.2, 0) is 30.5 Å². The van der Waals surface area contributed by atoms with Gasteiger partial charge in [-0.1, -0.05) is 0 Å². The molecule has 28 heavy (non-hydrogen) atoms. The van der Waals surface area contributed by atoms with Gasteiger partial charge in [0.05, 0.1) is 19.3 Å². The summed E-state index contributed by atoms with van der Waals surface area (Å²) in [6.07, 6.45) is 4.30. The van der Waals surface area contributed by atoms with E-state index < -0.39 is 24.0 Å². The van der Waals surface area contributed by atoms with Crippen LogP contribution in [0.25, 0.3) is 0 Å². The molecule has 0 spiro atoms. The Kier molecular flexibility index (Phi) is 10.3. The van der Waals surface area contributed by atoms with Crippen LogP contribution in [0.4, 0.5) is 0 Å². The molecule has 1 saturated carbocycles. The minimum atomic E-state index is -0.774. The third-order valence-corrected chi connectivity index (χ3v) is 4.23. The van der Waals surface area contributed by atoms with Crippen molar-refractivity contribution in [2.45, 2.75) is 44.4 Å². The fourth-order valence-corrected chi connectivity index (χ4v) is 2.87. The van der Waals surface area contributed by atoms with Crippen molar-refractivity contribution in [1.29, 1.82) is 0 Å². The first-order chi connectivity index (χ1) is 13.4. The number of rotatable bonds is 8. The molecule has 1 aliphatic carbocycles. The standard InChI is InChI=1S/C16H24N4O5.CH2O2/c1-25-15(23)10-17-16(24)11-8-12(13(21)9-11)19-14(22)4-2-6-20-7-3-5-18-20;2-1-3/h3,5,7,11-13,21H,2,4,6,8-10H2,1H3,(H,17,24)(H,19,22);1H,(H,2,3)/t11-,12-,13-;/m0./s1. The lowest BCUT2D eigenvalue weighted by Crippen LogP contribution is -2.40. The van der Waals surface area contributed by atoms with Crippen LogP contribution in [0, 0.1) is 5.92 Å². The number of hydrogen-bond donors (Lipinski definition) is 4. The van der Waals surface area contributed by atoms with E-state index in [0.29, 0.717) is 25.8 Å². The number of aromatic nitrogens is 2. The van der Waals surface area contributed by atoms with E-state index in [1.54, 1.807) is 10.9 Å². The molecule has 156 valence electrons. The first kappa shape index (κ1) is 23.1. The van der Waals surface area contributed by atoms with Crippen LogP contribution in [0.5, 0.6) is 0 Å². The molecule has 0 unspecified atom stereocenters. The zero-order valence-electron chi connectivity index (χ0n) is 15.6. The molecule has 0 saturated heterocycles. The summed E-state index contributed by atoms with van der Waals surface area (Å²) in [5.74, 6) is -1.45. The number of amides is 2. The quantitative estimate of drug-likeness (QED) is 0.317. The maximum absolute atomic E-state index is 12.0. The van der Waals surface area contributed by atoms with Crippen molar-refractivity contribution in [3.05, 3.63) is 18.5 Å². The average Bonchev–Trinajstić information content (AvgIpc) is 3.30. The maximum Gasteiger partial charge on any atom is 0.325 e. The van der Waals surface area contributed by atoms with Gasteiger partial charge in [0, 0.05) is 31.3 Å². The molecular formula is C17H26N4O7. The summed E-state index contributed by atoms with van der Waals surface area (Å²) in [4.78, 5) is 43.4. The molecule has 2 amide bonds. The number of carbonyl (C=O) groups excluding carboxylic acids is 3. The molecule has 1 aliphatic rings. The van der Waals surface area contributed by atoms with Gasteiger partial charge < -0.3 is 25.6 Å². The van der Waals surface area contributed by atoms with Crippen LogP contribution in [0.15, 0.2) is 18.5 Å². The molecule has 4 N–H and O–H groups in total. The zero-order valence-corrected chi connectivity index (χ0v) is 15.6. The molecule has 1 heterocycles. The van der Waals surface area contributed by atoms with Crippen molar-refractivity contribution >= 4 is 24.3 Å². The number of ether oxygens (including phenoxy) is 1. The Balaban J connectivity index is 0.00000122. The Bertz CT molecular complexity index is 635. The highest BCUT2D eigenvalue weighted by Gasteiger charge is 2.37. The third-order valence-electron chi connectivity index (χ3n) is 4.23. The first-order valence-corrected chi connectivity index (χ1v) is 8.78. The Morgan fingerprint density at radius 3 is 2.68 bits per heavy atom. The summed E-state index contributed by atoms with van der Waals surface area (Å²) in [6, 6.07) is 1.37. The van der Waals surface area contributed by atoms with Crippen LogP contribution >= 0.6 is 0 Å². The van der Waals surface area contributed by atoms with E-state index >= 15 is 0 Å². The highest BCUT2D eigenvalue weighted by molar-refractivity contribution is 5.84. The molecule has 2 rings (SSSR count). The van der Waals surface area contributed by atoms with Gasteiger partial charge in [-0.25, -0.2) is 0 Å². The summed E-state index contributed by atoms with van der Waals surface area (Å²) in [5, 5.41) is 26.3. The molecule has 0 aliphatic heterocycles. The summed E-state index contributed by atoms with van der Waals surface area (Å²) >= 11 is 0. The number of methoxy groups -OCH3 is 1. The van der Waals surface area contributed by atoms with Gasteiger partial charge in [-0.15, -0.1) is 0 Å². The van der Waals surface area contributed by atoms with Crippen molar-refractivity contribution in [1.82, 2.24) is 20.4 Å². The van der Waals surface area contributed by atoms with Crippen molar-refractivity contribution in [2.24, 2.45) is 5.92 Å². The van der Waals surface area contributed by atoms with Gasteiger partial charge in [-0.3, -0.25) is 23.9 Å². The second kappa shape index (κ2) is 12.4. The van der Waals surface area contributed by atoms with E-state index in [1.165, 1.54) is 7.11 Å². The predicted molar refractivity (Wildman–Crippen MR) is 95.8 cm³/mol. The molecule has 11 nitrogen and oxygen atoms in total. The van der Waals surface area contributed by atoms with Crippen molar-refractivity contribution in [3.8, 4) is 0 Å². The molecule has 1 aromatic heterocycles. The SMILES string of the molecule is COC(=O)CNC(=O)[C@H]1C[C@H](NC(=O)CCCn2cccn2)[C@@H](O)C1.O=CO. The second-order valence-electron chi connectivity index (χ2n) is 6.18. The molecule has 11 heteroatoms. The fraction of sp³-hybridized carbons (Fsp3) is 0.588. The van der Waals surface area contributed by atoms with Gasteiger partial charge in [0.25, 0.3) is 6.47 Å². The van der Waals surface area contributed by atoms with E-state index in [2.05, 4.69) is 20.5 Å². The second-order valence-corrected chi connectivity index (χ2v) is 6.18. The van der Waals surface area contributed by atoms with Gasteiger partial charge in [-0.2, -0.15) is 5.10 Å². The van der Waals surface area contributed by atoms with Crippen molar-refractivity contribution in [2.75, 3.05) is 13.7 Å². The third kappa shape index (κ3) is 8.16. The summed E-state index contributed by atoms with van der Waals surface area (Å²) < 4.78 is 6.21. The predicted octanol–water partition coefficient (Wildman–Crippen LogP) is -1.09. The molecule has 1 aromatic rings. The van der Waals surface area contributed by atoms with Gasteiger partial charge in [0.2, 0.25) is 11.8 Å². The lowest BCUT2D eigenvalue weighted by molar-refractivity contribution is -0.141. The number of aliphatic hydroxyl groups is 1. The lowest BCUT2D eigenvalue weighted by atomic mass is 10.1. The number of hydrogen-bond acceptors (Lipinski definition) is 7. The molecule has 0 bridgehead atoms. The molecule has 3 atom stereocenters. The van der Waals surface area contributed by atoms with Gasteiger partial charge in [-0.05, 0) is 25.3 Å². The van der Waals surface area contributed by atoms with Crippen LogP contribution < -0.4 is 10.6 Å². The Morgan fingerprint density at radius 1 is 1.36 bits per heavy atom. The highest BCUT2D eigenvalue weighted by atomic mass is 16.5. The van der Waals surface area contributed by atoms with Gasteiger partial charge >= 0.3 is 5.97 Å². The number of carboxylic acid groups (broad SMARTS) is 1. The Hall–Kier alpha value is -2.95. The lowest BCUT2D eigenvalue weighted by Gasteiger charge is -2.16. The van der Waals surface area contributed by atoms with Crippen molar-refractivity contribution in [3.63, 3.8) is 0 Å². The Labute approximate surface area is 162 Å². The maximum atomic E-state index is 12.0. The van der Waals surface area contributed by atoms with Gasteiger partial charge in [0.1, 0.15) is 6.54 Å². The number of aliphatic hydroxyl groups excluding tert-OH is 1. The minimum absolute atomic E-state index is 0.160. The number of nitrogens with zero attached hydrogens (tertiary/aromatic N) is 2. The number of carbonyl (C=O) groups is 4. The van der Waals surface area contributed by atoms with Crippen LogP contribution in [-0.4, -0.2) is 70.0 Å². The van der Waals surface area contributed by atoms with E-state index in [0.717, 1.165) is 0 Å². The van der Waals surface area contributed by atoms with E-state index in [9.17, 15) is 19.5 Å². The first-order valence-electron chi connectivity index (χ1n) is 8.78. The zero-order chi connectivity index (χ0) is 20.9. The molecule has 0 radical (unpaired) electrons. The van der Waals surface area contributed by atoms with Crippen molar-refractivity contribution < 1.29 is 34.1 Å². The molecule has 0 aromatic carbocycles. The topological polar surface area (TPSA) is 160 Å². The largest absolute Gasteiger partial charge is 0.483 e. The summed E-state index contributed by atoms with van der Waals surface area (Å²) in [7, 11) is 1.24. The Morgan fingerprint density at radius 2 is 2.07 bits per heavy atom. The molecular weight excluding hydrogens is 372 g/mol. The number of nitrogens with one attached hydrogen (secondary N) is 2. The van der Waals surface area contributed by atoms with E-state index in [1.807, 2.05) is 12.3 Å². The summed E-state index contributed by atoms with van der Waals surface area (Å²) in [5.41, 5.74) is 0. The monoisotopic (exact) mass is 398 g/mol. The number of aryl methyl sites for hydroxylation is 1. The number of esters is 1. The smallest absolute Gasteiger partial charge is 0.325 e. The normalized spacial score (nSPS) is 20.4. The average molecular weight is 398 g/mol. The minimum Gasteiger partial charge on any atom is -0.483 e.